The van der Waals surface area contributed by atoms with E-state index in [4.69, 9.17) is 4.74 Å². The lowest BCUT2D eigenvalue weighted by Crippen LogP contribution is -2.30. The van der Waals surface area contributed by atoms with Gasteiger partial charge in [-0.25, -0.2) is 0 Å². The summed E-state index contributed by atoms with van der Waals surface area (Å²) in [5, 5.41) is 11.1. The van der Waals surface area contributed by atoms with Crippen molar-refractivity contribution in [1.29, 1.82) is 0 Å². The van der Waals surface area contributed by atoms with E-state index < -0.39 is 17.7 Å². The predicted molar refractivity (Wildman–Crippen MR) is 122 cm³/mol. The lowest BCUT2D eigenvalue weighted by Gasteiger charge is -2.25. The van der Waals surface area contributed by atoms with Crippen LogP contribution in [0.1, 0.15) is 56.8 Å². The molecule has 1 N–H and O–H groups in total. The average Bonchev–Trinajstić information content (AvgIpc) is 3.02. The Morgan fingerprint density at radius 1 is 1.10 bits per heavy atom. The number of aliphatic hydroxyl groups is 1. The van der Waals surface area contributed by atoms with Crippen LogP contribution in [0.5, 0.6) is 5.75 Å². The number of carbonyl (C=O) groups excluding carboxylic acids is 2. The smallest absolute Gasteiger partial charge is 0.295 e. The summed E-state index contributed by atoms with van der Waals surface area (Å²) in [5.41, 5.74) is 2.54. The third-order valence-corrected chi connectivity index (χ3v) is 5.40. The zero-order valence-corrected chi connectivity index (χ0v) is 18.7. The Hall–Kier alpha value is -3.08. The number of Topliss-reactive ketones (excluding diaryl/α,β-unsaturated/α-hetero) is 1. The van der Waals surface area contributed by atoms with E-state index in [2.05, 4.69) is 20.8 Å². The van der Waals surface area contributed by atoms with E-state index in [1.54, 1.807) is 17.0 Å². The summed E-state index contributed by atoms with van der Waals surface area (Å²) in [4.78, 5) is 27.3. The van der Waals surface area contributed by atoms with Crippen molar-refractivity contribution in [3.8, 4) is 5.75 Å². The number of rotatable bonds is 8. The maximum Gasteiger partial charge on any atom is 0.295 e. The van der Waals surface area contributed by atoms with Crippen molar-refractivity contribution >= 4 is 17.4 Å². The van der Waals surface area contributed by atoms with Crippen LogP contribution in [0.4, 0.5) is 0 Å². The van der Waals surface area contributed by atoms with Crippen molar-refractivity contribution in [3.63, 3.8) is 0 Å². The van der Waals surface area contributed by atoms with Gasteiger partial charge in [0.25, 0.3) is 11.7 Å². The lowest BCUT2D eigenvalue weighted by molar-refractivity contribution is -0.139. The molecule has 164 valence electrons. The van der Waals surface area contributed by atoms with E-state index in [-0.39, 0.29) is 11.3 Å². The summed E-state index contributed by atoms with van der Waals surface area (Å²) in [6.07, 6.45) is 1.59. The molecule has 31 heavy (non-hydrogen) atoms. The van der Waals surface area contributed by atoms with Gasteiger partial charge in [-0.15, -0.1) is 0 Å². The van der Waals surface area contributed by atoms with Gasteiger partial charge in [0.15, 0.2) is 0 Å². The molecule has 2 aromatic carbocycles. The van der Waals surface area contributed by atoms with Crippen LogP contribution < -0.4 is 4.74 Å². The molecule has 1 amide bonds. The molecule has 0 aromatic heterocycles. The van der Waals surface area contributed by atoms with Crippen molar-refractivity contribution in [3.05, 3.63) is 70.8 Å². The molecule has 0 aliphatic carbocycles. The van der Waals surface area contributed by atoms with Gasteiger partial charge in [0.1, 0.15) is 11.5 Å². The molecule has 0 radical (unpaired) electrons. The second-order valence-corrected chi connectivity index (χ2v) is 8.32. The minimum absolute atomic E-state index is 0.128. The Morgan fingerprint density at radius 2 is 1.81 bits per heavy atom. The number of aryl methyl sites for hydroxylation is 1. The zero-order valence-electron chi connectivity index (χ0n) is 18.7. The Labute approximate surface area is 184 Å². The van der Waals surface area contributed by atoms with Crippen molar-refractivity contribution in [2.75, 3.05) is 13.2 Å². The zero-order chi connectivity index (χ0) is 22.5. The molecule has 1 atom stereocenters. The Kier molecular flexibility index (Phi) is 7.16. The maximum atomic E-state index is 13.0. The van der Waals surface area contributed by atoms with Crippen LogP contribution in [-0.4, -0.2) is 34.8 Å². The number of carbonyl (C=O) groups is 2. The van der Waals surface area contributed by atoms with Gasteiger partial charge in [0.05, 0.1) is 18.2 Å². The molecule has 1 heterocycles. The van der Waals surface area contributed by atoms with E-state index >= 15 is 0 Å². The van der Waals surface area contributed by atoms with E-state index in [9.17, 15) is 14.7 Å². The molecule has 1 aliphatic heterocycles. The fourth-order valence-electron chi connectivity index (χ4n) is 3.79. The van der Waals surface area contributed by atoms with E-state index in [0.717, 1.165) is 17.5 Å². The first-order chi connectivity index (χ1) is 14.9. The Balaban J connectivity index is 2.09. The molecule has 5 heteroatoms. The van der Waals surface area contributed by atoms with Crippen molar-refractivity contribution < 1.29 is 19.4 Å². The van der Waals surface area contributed by atoms with E-state index in [1.807, 2.05) is 43.3 Å². The average molecular weight is 422 g/mol. The van der Waals surface area contributed by atoms with Crippen LogP contribution in [0, 0.1) is 5.92 Å². The monoisotopic (exact) mass is 421 g/mol. The topological polar surface area (TPSA) is 66.8 Å². The number of likely N-dealkylation sites (tertiary alicyclic amines) is 1. The molecule has 1 saturated heterocycles. The fraction of sp³-hybridized carbons (Fsp3) is 0.385. The molecule has 0 saturated carbocycles. The normalized spacial score (nSPS) is 18.1. The van der Waals surface area contributed by atoms with Crippen LogP contribution in [-0.2, 0) is 16.0 Å². The highest BCUT2D eigenvalue weighted by Gasteiger charge is 2.45. The molecular formula is C26H31NO4. The molecule has 2 aromatic rings. The second kappa shape index (κ2) is 9.82. The standard InChI is InChI=1S/C26H31NO4/c1-5-14-27-23(20-8-7-9-21(15-20)31-16-17(3)4)22(25(29)26(27)30)24(28)19-12-10-18(6-2)11-13-19/h7-13,15,17,23,28H,5-6,14,16H2,1-4H3/b24-22-. The Bertz CT molecular complexity index is 975. The van der Waals surface area contributed by atoms with Crippen molar-refractivity contribution in [2.24, 2.45) is 5.92 Å². The quantitative estimate of drug-likeness (QED) is 0.365. The van der Waals surface area contributed by atoms with Gasteiger partial charge < -0.3 is 14.7 Å². The van der Waals surface area contributed by atoms with Gasteiger partial charge in [-0.3, -0.25) is 9.59 Å². The summed E-state index contributed by atoms with van der Waals surface area (Å²) in [6, 6.07) is 14.2. The van der Waals surface area contributed by atoms with Gasteiger partial charge in [0.2, 0.25) is 0 Å². The Morgan fingerprint density at radius 3 is 2.42 bits per heavy atom. The predicted octanol–water partition coefficient (Wildman–Crippen LogP) is 5.12. The highest BCUT2D eigenvalue weighted by atomic mass is 16.5. The number of amides is 1. The van der Waals surface area contributed by atoms with Gasteiger partial charge in [-0.1, -0.05) is 64.1 Å². The maximum absolute atomic E-state index is 13.0. The number of benzene rings is 2. The molecule has 0 bridgehead atoms. The molecule has 1 aliphatic rings. The van der Waals surface area contributed by atoms with Crippen LogP contribution in [0.25, 0.3) is 5.76 Å². The molecule has 0 spiro atoms. The fourth-order valence-corrected chi connectivity index (χ4v) is 3.79. The molecule has 1 fully saturated rings. The minimum Gasteiger partial charge on any atom is -0.507 e. The van der Waals surface area contributed by atoms with Crippen LogP contribution in [0.15, 0.2) is 54.1 Å². The van der Waals surface area contributed by atoms with Gasteiger partial charge in [0, 0.05) is 12.1 Å². The third kappa shape index (κ3) is 4.82. The van der Waals surface area contributed by atoms with Crippen LogP contribution in [0.3, 0.4) is 0 Å². The summed E-state index contributed by atoms with van der Waals surface area (Å²) >= 11 is 0. The lowest BCUT2D eigenvalue weighted by atomic mass is 9.94. The number of hydrogen-bond donors (Lipinski definition) is 1. The van der Waals surface area contributed by atoms with Gasteiger partial charge in [-0.2, -0.15) is 0 Å². The minimum atomic E-state index is -0.649. The van der Waals surface area contributed by atoms with Crippen molar-refractivity contribution in [1.82, 2.24) is 4.90 Å². The molecule has 5 nitrogen and oxygen atoms in total. The van der Waals surface area contributed by atoms with Crippen LogP contribution >= 0.6 is 0 Å². The summed E-state index contributed by atoms with van der Waals surface area (Å²) in [6.45, 7) is 9.16. The molecule has 1 unspecified atom stereocenters. The summed E-state index contributed by atoms with van der Waals surface area (Å²) in [5.74, 6) is -0.310. The first-order valence-electron chi connectivity index (χ1n) is 11.0. The van der Waals surface area contributed by atoms with Crippen LogP contribution in [0.2, 0.25) is 0 Å². The van der Waals surface area contributed by atoms with Crippen molar-refractivity contribution in [2.45, 2.75) is 46.6 Å². The second-order valence-electron chi connectivity index (χ2n) is 8.32. The number of hydrogen-bond acceptors (Lipinski definition) is 4. The molecule has 3 rings (SSSR count). The third-order valence-electron chi connectivity index (χ3n) is 5.40. The number of aliphatic hydroxyl groups excluding tert-OH is 1. The highest BCUT2D eigenvalue weighted by molar-refractivity contribution is 6.46. The van der Waals surface area contributed by atoms with Gasteiger partial charge >= 0.3 is 0 Å². The van der Waals surface area contributed by atoms with E-state index in [0.29, 0.717) is 36.8 Å². The SMILES string of the molecule is CCCN1C(=O)C(=O)/C(=C(\O)c2ccc(CC)cc2)C1c1cccc(OCC(C)C)c1. The van der Waals surface area contributed by atoms with E-state index in [1.165, 1.54) is 0 Å². The number of ether oxygens (including phenoxy) is 1. The summed E-state index contributed by atoms with van der Waals surface area (Å²) in [7, 11) is 0. The largest absolute Gasteiger partial charge is 0.507 e. The summed E-state index contributed by atoms with van der Waals surface area (Å²) < 4.78 is 5.86. The van der Waals surface area contributed by atoms with Gasteiger partial charge in [-0.05, 0) is 42.0 Å². The first kappa shape index (κ1) is 22.6. The molecular weight excluding hydrogens is 390 g/mol. The highest BCUT2D eigenvalue weighted by Crippen LogP contribution is 2.40. The number of nitrogens with zero attached hydrogens (tertiary/aromatic N) is 1. The number of ketones is 1. The first-order valence-corrected chi connectivity index (χ1v) is 11.0.